The van der Waals surface area contributed by atoms with Crippen molar-refractivity contribution in [3.63, 3.8) is 0 Å². The Balaban J connectivity index is 1.40. The highest BCUT2D eigenvalue weighted by Crippen LogP contribution is 2.26. The molecule has 0 aliphatic carbocycles. The van der Waals surface area contributed by atoms with Crippen LogP contribution in [0.4, 0.5) is 11.6 Å². The van der Waals surface area contributed by atoms with E-state index in [9.17, 15) is 0 Å². The molecule has 2 aromatic heterocycles. The molecule has 0 aliphatic rings. The van der Waals surface area contributed by atoms with E-state index in [4.69, 9.17) is 58.6 Å². The van der Waals surface area contributed by atoms with Crippen LogP contribution >= 0.6 is 74.6 Å². The van der Waals surface area contributed by atoms with Gasteiger partial charge in [0.15, 0.2) is 16.7 Å². The van der Waals surface area contributed by atoms with Gasteiger partial charge in [0.2, 0.25) is 0 Å². The third-order valence-electron chi connectivity index (χ3n) is 4.52. The largest absolute Gasteiger partial charge is 0.315 e. The molecule has 0 atom stereocenters. The summed E-state index contributed by atoms with van der Waals surface area (Å²) in [6, 6.07) is 13.0. The van der Waals surface area contributed by atoms with Crippen LogP contribution in [-0.4, -0.2) is 24.7 Å². The van der Waals surface area contributed by atoms with Crippen molar-refractivity contribution in [2.45, 2.75) is 13.1 Å². The van der Waals surface area contributed by atoms with Crippen molar-refractivity contribution in [1.82, 2.24) is 19.6 Å². The van der Waals surface area contributed by atoms with Crippen molar-refractivity contribution < 1.29 is 0 Å². The minimum Gasteiger partial charge on any atom is -0.315 e. The summed E-state index contributed by atoms with van der Waals surface area (Å²) in [6.45, 7) is 0.988. The second kappa shape index (κ2) is 10.6. The SMILES string of the molecule is S=C(Nc1nn(Cc2ccc(Cl)c(Cl)c2)cc1Cl)Nc1nn(Cc2ccccc2Cl)cc1Br. The Morgan fingerprint density at radius 3 is 2.27 bits per heavy atom. The van der Waals surface area contributed by atoms with E-state index in [1.54, 1.807) is 27.7 Å². The summed E-state index contributed by atoms with van der Waals surface area (Å²) in [5.41, 5.74) is 1.89. The predicted octanol–water partition coefficient (Wildman–Crippen LogP) is 7.36. The molecule has 33 heavy (non-hydrogen) atoms. The Labute approximate surface area is 223 Å². The zero-order valence-corrected chi connectivity index (χ0v) is 22.1. The zero-order chi connectivity index (χ0) is 23.5. The van der Waals surface area contributed by atoms with Crippen LogP contribution in [0.5, 0.6) is 0 Å². The van der Waals surface area contributed by atoms with Crippen molar-refractivity contribution in [1.29, 1.82) is 0 Å². The molecule has 4 aromatic rings. The molecule has 0 bridgehead atoms. The Morgan fingerprint density at radius 1 is 0.818 bits per heavy atom. The van der Waals surface area contributed by atoms with Gasteiger partial charge in [0.05, 0.1) is 27.6 Å². The molecular formula is C21H15BrCl4N6S. The molecule has 2 aromatic carbocycles. The highest BCUT2D eigenvalue weighted by Gasteiger charge is 2.13. The van der Waals surface area contributed by atoms with E-state index in [-0.39, 0.29) is 0 Å². The molecule has 12 heteroatoms. The van der Waals surface area contributed by atoms with Gasteiger partial charge in [0, 0.05) is 17.4 Å². The minimum atomic E-state index is 0.292. The van der Waals surface area contributed by atoms with Crippen LogP contribution in [0.2, 0.25) is 20.1 Å². The molecule has 6 nitrogen and oxygen atoms in total. The molecule has 170 valence electrons. The van der Waals surface area contributed by atoms with Gasteiger partial charge in [-0.15, -0.1) is 0 Å². The van der Waals surface area contributed by atoms with E-state index >= 15 is 0 Å². The summed E-state index contributed by atoms with van der Waals surface area (Å²) in [6.07, 6.45) is 3.54. The molecule has 0 saturated carbocycles. The first-order chi connectivity index (χ1) is 15.8. The van der Waals surface area contributed by atoms with Gasteiger partial charge in [-0.25, -0.2) is 0 Å². The number of anilines is 2. The van der Waals surface area contributed by atoms with Crippen LogP contribution in [0, 0.1) is 0 Å². The number of aromatic nitrogens is 4. The molecule has 2 heterocycles. The van der Waals surface area contributed by atoms with Crippen molar-refractivity contribution in [2.24, 2.45) is 0 Å². The van der Waals surface area contributed by atoms with Gasteiger partial charge in [-0.3, -0.25) is 9.36 Å². The van der Waals surface area contributed by atoms with Crippen LogP contribution in [0.1, 0.15) is 11.1 Å². The number of benzene rings is 2. The number of nitrogens with one attached hydrogen (secondary N) is 2. The molecule has 0 amide bonds. The lowest BCUT2D eigenvalue weighted by Gasteiger charge is -2.07. The van der Waals surface area contributed by atoms with Crippen molar-refractivity contribution in [3.8, 4) is 0 Å². The van der Waals surface area contributed by atoms with Crippen molar-refractivity contribution >= 4 is 91.3 Å². The fraction of sp³-hybridized carbons (Fsp3) is 0.0952. The van der Waals surface area contributed by atoms with Crippen LogP contribution in [-0.2, 0) is 13.1 Å². The predicted molar refractivity (Wildman–Crippen MR) is 143 cm³/mol. The molecule has 0 saturated heterocycles. The smallest absolute Gasteiger partial charge is 0.177 e. The lowest BCUT2D eigenvalue weighted by atomic mass is 10.2. The average molecular weight is 605 g/mol. The van der Waals surface area contributed by atoms with Gasteiger partial charge < -0.3 is 10.6 Å². The first kappa shape index (κ1) is 24.3. The number of nitrogens with zero attached hydrogens (tertiary/aromatic N) is 4. The molecular weight excluding hydrogens is 590 g/mol. The van der Waals surface area contributed by atoms with Crippen LogP contribution in [0.15, 0.2) is 59.3 Å². The topological polar surface area (TPSA) is 59.7 Å². The fourth-order valence-corrected chi connectivity index (χ4v) is 4.32. The Bertz CT molecular complexity index is 1320. The molecule has 0 spiro atoms. The summed E-state index contributed by atoms with van der Waals surface area (Å²) in [7, 11) is 0. The van der Waals surface area contributed by atoms with Crippen molar-refractivity contribution in [3.05, 3.63) is 90.5 Å². The minimum absolute atomic E-state index is 0.292. The molecule has 0 fully saturated rings. The number of halogens is 5. The summed E-state index contributed by atoms with van der Waals surface area (Å²) < 4.78 is 4.19. The third-order valence-corrected chi connectivity index (χ3v) is 6.69. The van der Waals surface area contributed by atoms with Gasteiger partial charge >= 0.3 is 0 Å². The second-order valence-electron chi connectivity index (χ2n) is 6.97. The van der Waals surface area contributed by atoms with Crippen LogP contribution in [0.3, 0.4) is 0 Å². The molecule has 2 N–H and O–H groups in total. The molecule has 0 aliphatic heterocycles. The Kier molecular flexibility index (Phi) is 7.83. The monoisotopic (exact) mass is 602 g/mol. The maximum Gasteiger partial charge on any atom is 0.177 e. The standard InChI is InChI=1S/C21H15BrCl4N6S/c22-14-10-32(9-13-3-1-2-4-15(13)23)29-19(14)27-21(33)28-20-18(26)11-31(30-20)8-12-5-6-16(24)17(25)7-12/h1-7,10-11H,8-9H2,(H2,27,28,29,30,33). The fourth-order valence-electron chi connectivity index (χ4n) is 3.00. The highest BCUT2D eigenvalue weighted by molar-refractivity contribution is 9.10. The Hall–Kier alpha value is -1.81. The van der Waals surface area contributed by atoms with Gasteiger partial charge in [-0.05, 0) is 57.5 Å². The number of thiocarbonyl (C=S) groups is 1. The van der Waals surface area contributed by atoms with Gasteiger partial charge in [-0.2, -0.15) is 10.2 Å². The first-order valence-electron chi connectivity index (χ1n) is 9.49. The quantitative estimate of drug-likeness (QED) is 0.225. The third kappa shape index (κ3) is 6.20. The maximum absolute atomic E-state index is 6.33. The summed E-state index contributed by atoms with van der Waals surface area (Å²) in [5.74, 6) is 0.965. The van der Waals surface area contributed by atoms with Crippen LogP contribution in [0.25, 0.3) is 0 Å². The van der Waals surface area contributed by atoms with E-state index in [1.165, 1.54) is 0 Å². The van der Waals surface area contributed by atoms with E-state index in [0.29, 0.717) is 49.9 Å². The average Bonchev–Trinajstić information content (AvgIpc) is 3.27. The highest BCUT2D eigenvalue weighted by atomic mass is 79.9. The number of rotatable bonds is 6. The molecule has 0 unspecified atom stereocenters. The van der Waals surface area contributed by atoms with E-state index in [1.807, 2.05) is 36.5 Å². The summed E-state index contributed by atoms with van der Waals surface area (Å²) >= 11 is 33.5. The van der Waals surface area contributed by atoms with E-state index < -0.39 is 0 Å². The van der Waals surface area contributed by atoms with E-state index in [0.717, 1.165) is 15.6 Å². The lowest BCUT2D eigenvalue weighted by molar-refractivity contribution is 0.689. The number of hydrogen-bond donors (Lipinski definition) is 2. The molecule has 4 rings (SSSR count). The summed E-state index contributed by atoms with van der Waals surface area (Å²) in [4.78, 5) is 0. The van der Waals surface area contributed by atoms with Gasteiger partial charge in [-0.1, -0.05) is 70.7 Å². The summed E-state index contributed by atoms with van der Waals surface area (Å²) in [5, 5.41) is 17.4. The lowest BCUT2D eigenvalue weighted by Crippen LogP contribution is -2.20. The van der Waals surface area contributed by atoms with Gasteiger partial charge in [0.1, 0.15) is 5.02 Å². The zero-order valence-electron chi connectivity index (χ0n) is 16.7. The molecule has 0 radical (unpaired) electrons. The Morgan fingerprint density at radius 2 is 1.52 bits per heavy atom. The van der Waals surface area contributed by atoms with Gasteiger partial charge in [0.25, 0.3) is 0 Å². The normalized spacial score (nSPS) is 10.9. The van der Waals surface area contributed by atoms with Crippen LogP contribution < -0.4 is 10.6 Å². The van der Waals surface area contributed by atoms with Crippen molar-refractivity contribution in [2.75, 3.05) is 10.6 Å². The second-order valence-corrected chi connectivity index (χ2v) is 9.86. The number of hydrogen-bond acceptors (Lipinski definition) is 3. The van der Waals surface area contributed by atoms with E-state index in [2.05, 4.69) is 36.8 Å². The maximum atomic E-state index is 6.33. The first-order valence-corrected chi connectivity index (χ1v) is 12.2.